The van der Waals surface area contributed by atoms with Crippen LogP contribution in [0.15, 0.2) is 103 Å². The molecule has 4 aromatic carbocycles. The normalized spacial score (nSPS) is 10.3. The smallest absolute Gasteiger partial charge is 0.282 e. The first kappa shape index (κ1) is 24.2. The summed E-state index contributed by atoms with van der Waals surface area (Å²) in [4.78, 5) is 36.2. The summed E-state index contributed by atoms with van der Waals surface area (Å²) in [6.45, 7) is 0.644. The molecule has 36 heavy (non-hydrogen) atoms. The largest absolute Gasteiger partial charge is 0.489 e. The Morgan fingerprint density at radius 1 is 0.778 bits per heavy atom. The van der Waals surface area contributed by atoms with Gasteiger partial charge in [-0.25, -0.2) is 0 Å². The number of hydrogen-bond donors (Lipinski definition) is 2. The SMILES string of the molecule is O=C(Nc1ccc(OCc2ccccc2)cc1)c1ccc(C(=O)NCc2ccccc2)c([N+](=O)[O-])c1. The second-order valence-corrected chi connectivity index (χ2v) is 7.91. The lowest BCUT2D eigenvalue weighted by Gasteiger charge is -2.10. The summed E-state index contributed by atoms with van der Waals surface area (Å²) in [6.07, 6.45) is 0. The van der Waals surface area contributed by atoms with Crippen LogP contribution < -0.4 is 15.4 Å². The Labute approximate surface area is 207 Å². The molecule has 0 aliphatic rings. The van der Waals surface area contributed by atoms with Crippen molar-refractivity contribution in [2.24, 2.45) is 0 Å². The van der Waals surface area contributed by atoms with Crippen LogP contribution >= 0.6 is 0 Å². The van der Waals surface area contributed by atoms with E-state index in [4.69, 9.17) is 4.74 Å². The summed E-state index contributed by atoms with van der Waals surface area (Å²) in [6, 6.07) is 29.5. The highest BCUT2D eigenvalue weighted by atomic mass is 16.6. The quantitative estimate of drug-likeness (QED) is 0.247. The van der Waals surface area contributed by atoms with Crippen LogP contribution in [-0.2, 0) is 13.2 Å². The number of amides is 2. The molecule has 0 aromatic heterocycles. The van der Waals surface area contributed by atoms with Gasteiger partial charge >= 0.3 is 0 Å². The fourth-order valence-corrected chi connectivity index (χ4v) is 3.47. The van der Waals surface area contributed by atoms with Crippen molar-refractivity contribution in [3.8, 4) is 5.75 Å². The zero-order chi connectivity index (χ0) is 25.3. The molecule has 4 rings (SSSR count). The van der Waals surface area contributed by atoms with Gasteiger partial charge in [0.25, 0.3) is 17.5 Å². The predicted octanol–water partition coefficient (Wildman–Crippen LogP) is 5.36. The highest BCUT2D eigenvalue weighted by molar-refractivity contribution is 6.06. The number of carbonyl (C=O) groups excluding carboxylic acids is 2. The van der Waals surface area contributed by atoms with Crippen LogP contribution in [0.1, 0.15) is 31.8 Å². The fraction of sp³-hybridized carbons (Fsp3) is 0.0714. The molecular weight excluding hydrogens is 458 g/mol. The van der Waals surface area contributed by atoms with E-state index in [-0.39, 0.29) is 17.7 Å². The summed E-state index contributed by atoms with van der Waals surface area (Å²) in [5, 5.41) is 17.0. The van der Waals surface area contributed by atoms with E-state index in [0.29, 0.717) is 18.0 Å². The lowest BCUT2D eigenvalue weighted by atomic mass is 10.1. The number of nitrogens with one attached hydrogen (secondary N) is 2. The maximum absolute atomic E-state index is 12.7. The van der Waals surface area contributed by atoms with Crippen LogP contribution in [0.3, 0.4) is 0 Å². The summed E-state index contributed by atoms with van der Waals surface area (Å²) in [5.41, 5.74) is 1.89. The van der Waals surface area contributed by atoms with Crippen molar-refractivity contribution in [1.29, 1.82) is 0 Å². The highest BCUT2D eigenvalue weighted by Crippen LogP contribution is 2.22. The van der Waals surface area contributed by atoms with Gasteiger partial charge in [-0.3, -0.25) is 19.7 Å². The van der Waals surface area contributed by atoms with Crippen LogP contribution in [0.5, 0.6) is 5.75 Å². The van der Waals surface area contributed by atoms with Gasteiger partial charge in [0.1, 0.15) is 17.9 Å². The summed E-state index contributed by atoms with van der Waals surface area (Å²) in [5.74, 6) is -0.491. The van der Waals surface area contributed by atoms with Crippen LogP contribution in [0.25, 0.3) is 0 Å². The van der Waals surface area contributed by atoms with Gasteiger partial charge in [0, 0.05) is 23.9 Å². The predicted molar refractivity (Wildman–Crippen MR) is 136 cm³/mol. The molecule has 8 heteroatoms. The minimum Gasteiger partial charge on any atom is -0.489 e. The Kier molecular flexibility index (Phi) is 7.67. The third-order valence-corrected chi connectivity index (χ3v) is 5.36. The molecule has 0 saturated carbocycles. The molecule has 0 unspecified atom stereocenters. The molecule has 4 aromatic rings. The van der Waals surface area contributed by atoms with Crippen molar-refractivity contribution >= 4 is 23.2 Å². The molecule has 0 saturated heterocycles. The number of hydrogen-bond acceptors (Lipinski definition) is 5. The highest BCUT2D eigenvalue weighted by Gasteiger charge is 2.22. The van der Waals surface area contributed by atoms with Gasteiger partial charge in [0.2, 0.25) is 0 Å². The summed E-state index contributed by atoms with van der Waals surface area (Å²) in [7, 11) is 0. The second kappa shape index (κ2) is 11.4. The van der Waals surface area contributed by atoms with E-state index in [1.807, 2.05) is 60.7 Å². The fourth-order valence-electron chi connectivity index (χ4n) is 3.47. The summed E-state index contributed by atoms with van der Waals surface area (Å²) >= 11 is 0. The standard InChI is InChI=1S/C28H23N3O5/c32-27(30-23-12-14-24(15-13-23)36-19-21-9-5-2-6-10-21)22-11-16-25(26(17-22)31(34)35)28(33)29-18-20-7-3-1-4-8-20/h1-17H,18-19H2,(H,29,33)(H,30,32). The number of benzene rings is 4. The third kappa shape index (κ3) is 6.32. The molecule has 0 aliphatic carbocycles. The molecule has 0 bridgehead atoms. The van der Waals surface area contributed by atoms with Gasteiger partial charge in [0.15, 0.2) is 0 Å². The maximum atomic E-state index is 12.7. The van der Waals surface area contributed by atoms with E-state index in [1.165, 1.54) is 12.1 Å². The lowest BCUT2D eigenvalue weighted by molar-refractivity contribution is -0.385. The van der Waals surface area contributed by atoms with Crippen molar-refractivity contribution in [1.82, 2.24) is 5.32 Å². The van der Waals surface area contributed by atoms with Crippen molar-refractivity contribution < 1.29 is 19.2 Å². The van der Waals surface area contributed by atoms with E-state index in [0.717, 1.165) is 17.2 Å². The van der Waals surface area contributed by atoms with Gasteiger partial charge in [-0.15, -0.1) is 0 Å². The van der Waals surface area contributed by atoms with Crippen LogP contribution in [0.4, 0.5) is 11.4 Å². The summed E-state index contributed by atoms with van der Waals surface area (Å²) < 4.78 is 5.74. The molecule has 2 N–H and O–H groups in total. The van der Waals surface area contributed by atoms with Crippen LogP contribution in [0.2, 0.25) is 0 Å². The molecule has 180 valence electrons. The number of nitrogens with zero attached hydrogens (tertiary/aromatic N) is 1. The Hall–Kier alpha value is -4.98. The third-order valence-electron chi connectivity index (χ3n) is 5.36. The van der Waals surface area contributed by atoms with Gasteiger partial charge in [-0.1, -0.05) is 60.7 Å². The van der Waals surface area contributed by atoms with E-state index < -0.39 is 22.4 Å². The van der Waals surface area contributed by atoms with E-state index >= 15 is 0 Å². The topological polar surface area (TPSA) is 111 Å². The van der Waals surface area contributed by atoms with Crippen molar-refractivity contribution in [3.63, 3.8) is 0 Å². The zero-order valence-electron chi connectivity index (χ0n) is 19.2. The number of carbonyl (C=O) groups is 2. The van der Waals surface area contributed by atoms with Gasteiger partial charge in [0.05, 0.1) is 4.92 Å². The molecular formula is C28H23N3O5. The van der Waals surface area contributed by atoms with E-state index in [9.17, 15) is 19.7 Å². The van der Waals surface area contributed by atoms with Crippen molar-refractivity contribution in [2.75, 3.05) is 5.32 Å². The van der Waals surface area contributed by atoms with E-state index in [1.54, 1.807) is 24.3 Å². The number of nitro groups is 1. The van der Waals surface area contributed by atoms with Crippen LogP contribution in [-0.4, -0.2) is 16.7 Å². The number of anilines is 1. The first-order valence-electron chi connectivity index (χ1n) is 11.2. The lowest BCUT2D eigenvalue weighted by Crippen LogP contribution is -2.24. The van der Waals surface area contributed by atoms with Gasteiger partial charge in [-0.05, 0) is 47.5 Å². The Bertz CT molecular complexity index is 1360. The first-order chi connectivity index (χ1) is 17.5. The molecule has 0 atom stereocenters. The molecule has 0 heterocycles. The van der Waals surface area contributed by atoms with Crippen molar-refractivity contribution in [2.45, 2.75) is 13.2 Å². The first-order valence-corrected chi connectivity index (χ1v) is 11.2. The average Bonchev–Trinajstić information content (AvgIpc) is 2.92. The molecule has 0 radical (unpaired) electrons. The van der Waals surface area contributed by atoms with Gasteiger partial charge in [-0.2, -0.15) is 0 Å². The van der Waals surface area contributed by atoms with Gasteiger partial charge < -0.3 is 15.4 Å². The molecule has 8 nitrogen and oxygen atoms in total. The Morgan fingerprint density at radius 2 is 1.42 bits per heavy atom. The number of rotatable bonds is 9. The molecule has 2 amide bonds. The Balaban J connectivity index is 1.39. The molecule has 0 aliphatic heterocycles. The van der Waals surface area contributed by atoms with Crippen LogP contribution in [0, 0.1) is 10.1 Å². The number of ether oxygens (including phenoxy) is 1. The molecule has 0 spiro atoms. The minimum absolute atomic E-state index is 0.0608. The zero-order valence-corrected chi connectivity index (χ0v) is 19.2. The minimum atomic E-state index is -0.674. The molecule has 0 fully saturated rings. The number of nitro benzene ring substituents is 1. The second-order valence-electron chi connectivity index (χ2n) is 7.91. The average molecular weight is 482 g/mol. The van der Waals surface area contributed by atoms with Crippen molar-refractivity contribution in [3.05, 3.63) is 135 Å². The monoisotopic (exact) mass is 481 g/mol. The maximum Gasteiger partial charge on any atom is 0.282 e. The Morgan fingerprint density at radius 3 is 2.06 bits per heavy atom. The van der Waals surface area contributed by atoms with E-state index in [2.05, 4.69) is 10.6 Å².